The Morgan fingerprint density at radius 3 is 2.84 bits per heavy atom. The third-order valence-electron chi connectivity index (χ3n) is 4.04. The van der Waals surface area contributed by atoms with Crippen LogP contribution in [0.5, 0.6) is 0 Å². The maximum Gasteiger partial charge on any atom is 0.0762 e. The fourth-order valence-corrected chi connectivity index (χ4v) is 3.23. The zero-order valence-electron chi connectivity index (χ0n) is 12.2. The van der Waals surface area contributed by atoms with Gasteiger partial charge in [-0.05, 0) is 30.7 Å². The number of halogens is 1. The van der Waals surface area contributed by atoms with E-state index in [1.165, 1.54) is 25.7 Å². The molecule has 108 valence electrons. The molecule has 0 amide bonds. The quantitative estimate of drug-likeness (QED) is 0.773. The Kier molecular flexibility index (Phi) is 5.28. The highest BCUT2D eigenvalue weighted by molar-refractivity contribution is 6.17. The van der Waals surface area contributed by atoms with Crippen molar-refractivity contribution in [1.82, 2.24) is 15.1 Å². The molecule has 0 radical (unpaired) electrons. The number of alkyl halides is 1. The van der Waals surface area contributed by atoms with Gasteiger partial charge < -0.3 is 5.32 Å². The number of nitrogens with one attached hydrogen (secondary N) is 1. The smallest absolute Gasteiger partial charge is 0.0762 e. The van der Waals surface area contributed by atoms with Crippen molar-refractivity contribution in [3.05, 3.63) is 18.0 Å². The first kappa shape index (κ1) is 14.9. The van der Waals surface area contributed by atoms with E-state index in [4.69, 9.17) is 11.6 Å². The van der Waals surface area contributed by atoms with E-state index in [0.29, 0.717) is 6.04 Å². The molecule has 0 spiro atoms. The van der Waals surface area contributed by atoms with E-state index in [1.54, 1.807) is 0 Å². The van der Waals surface area contributed by atoms with Gasteiger partial charge in [-0.2, -0.15) is 5.10 Å². The van der Waals surface area contributed by atoms with Crippen LogP contribution in [0.15, 0.2) is 12.3 Å². The van der Waals surface area contributed by atoms with Crippen molar-refractivity contribution in [3.8, 4) is 0 Å². The summed E-state index contributed by atoms with van der Waals surface area (Å²) >= 11 is 5.81. The van der Waals surface area contributed by atoms with Crippen LogP contribution in [0.2, 0.25) is 0 Å². The van der Waals surface area contributed by atoms with Gasteiger partial charge in [-0.15, -0.1) is 11.6 Å². The number of rotatable bonds is 7. The molecular weight excluding hydrogens is 258 g/mol. The van der Waals surface area contributed by atoms with Crippen LogP contribution >= 0.6 is 11.6 Å². The minimum atomic E-state index is 0.260. The predicted molar refractivity (Wildman–Crippen MR) is 80.6 cm³/mol. The molecule has 0 atom stereocenters. The lowest BCUT2D eigenvalue weighted by Crippen LogP contribution is -2.29. The molecule has 1 aliphatic carbocycles. The Balaban J connectivity index is 1.77. The Bertz CT molecular complexity index is 380. The molecule has 0 bridgehead atoms. The third-order valence-corrected chi connectivity index (χ3v) is 4.23. The van der Waals surface area contributed by atoms with Crippen molar-refractivity contribution >= 4 is 11.6 Å². The summed E-state index contributed by atoms with van der Waals surface area (Å²) in [5.74, 6) is 0.727. The molecule has 0 aromatic carbocycles. The summed E-state index contributed by atoms with van der Waals surface area (Å²) in [5, 5.41) is 8.18. The van der Waals surface area contributed by atoms with E-state index < -0.39 is 0 Å². The van der Waals surface area contributed by atoms with Crippen LogP contribution in [-0.2, 0) is 6.54 Å². The van der Waals surface area contributed by atoms with Gasteiger partial charge in [-0.3, -0.25) is 4.68 Å². The summed E-state index contributed by atoms with van der Waals surface area (Å²) in [6.07, 6.45) is 8.46. The van der Waals surface area contributed by atoms with Crippen LogP contribution in [0.25, 0.3) is 0 Å². The lowest BCUT2D eigenvalue weighted by atomic mass is 9.90. The van der Waals surface area contributed by atoms with Gasteiger partial charge in [-0.25, -0.2) is 0 Å². The Morgan fingerprint density at radius 1 is 1.42 bits per heavy atom. The lowest BCUT2D eigenvalue weighted by Gasteiger charge is -2.23. The summed E-state index contributed by atoms with van der Waals surface area (Å²) < 4.78 is 2.16. The molecule has 1 saturated carbocycles. The van der Waals surface area contributed by atoms with E-state index in [-0.39, 0.29) is 5.41 Å². The summed E-state index contributed by atoms with van der Waals surface area (Å²) in [5.41, 5.74) is 1.41. The predicted octanol–water partition coefficient (Wildman–Crippen LogP) is 3.74. The van der Waals surface area contributed by atoms with Gasteiger partial charge in [0.25, 0.3) is 0 Å². The average molecular weight is 284 g/mol. The second-order valence-corrected chi connectivity index (χ2v) is 6.81. The summed E-state index contributed by atoms with van der Waals surface area (Å²) in [4.78, 5) is 0. The molecule has 1 N–H and O–H groups in total. The number of hydrogen-bond acceptors (Lipinski definition) is 2. The van der Waals surface area contributed by atoms with Crippen molar-refractivity contribution in [2.24, 2.45) is 5.41 Å². The van der Waals surface area contributed by atoms with Crippen LogP contribution in [-0.4, -0.2) is 22.2 Å². The minimum absolute atomic E-state index is 0.260. The fraction of sp³-hybridized carbons (Fsp3) is 0.800. The highest BCUT2D eigenvalue weighted by Crippen LogP contribution is 2.28. The highest BCUT2D eigenvalue weighted by atomic mass is 35.5. The van der Waals surface area contributed by atoms with Gasteiger partial charge in [-0.1, -0.05) is 26.7 Å². The zero-order valence-corrected chi connectivity index (χ0v) is 12.9. The zero-order chi connectivity index (χ0) is 13.7. The van der Waals surface area contributed by atoms with Crippen LogP contribution < -0.4 is 5.32 Å². The fourth-order valence-electron chi connectivity index (χ4n) is 2.72. The van der Waals surface area contributed by atoms with Crippen LogP contribution in [0.1, 0.15) is 57.7 Å². The average Bonchev–Trinajstić information content (AvgIpc) is 2.98. The molecule has 3 nitrogen and oxygen atoms in total. The van der Waals surface area contributed by atoms with Gasteiger partial charge in [0.1, 0.15) is 0 Å². The molecule has 1 aromatic heterocycles. The van der Waals surface area contributed by atoms with Crippen molar-refractivity contribution in [2.75, 3.05) is 12.4 Å². The molecule has 0 unspecified atom stereocenters. The normalized spacial score (nSPS) is 17.2. The first-order chi connectivity index (χ1) is 9.11. The van der Waals surface area contributed by atoms with E-state index >= 15 is 0 Å². The molecule has 1 aliphatic rings. The highest BCUT2D eigenvalue weighted by Gasteiger charge is 2.18. The molecule has 0 saturated heterocycles. The van der Waals surface area contributed by atoms with Crippen molar-refractivity contribution in [3.63, 3.8) is 0 Å². The maximum absolute atomic E-state index is 5.81. The number of hydrogen-bond donors (Lipinski definition) is 1. The largest absolute Gasteiger partial charge is 0.311 e. The maximum atomic E-state index is 5.81. The molecule has 1 aromatic rings. The summed E-state index contributed by atoms with van der Waals surface area (Å²) in [7, 11) is 0. The number of aromatic nitrogens is 2. The lowest BCUT2D eigenvalue weighted by molar-refractivity contribution is 0.328. The van der Waals surface area contributed by atoms with Gasteiger partial charge in [0.2, 0.25) is 0 Å². The first-order valence-corrected chi connectivity index (χ1v) is 7.95. The van der Waals surface area contributed by atoms with Gasteiger partial charge in [0.15, 0.2) is 0 Å². The molecule has 19 heavy (non-hydrogen) atoms. The van der Waals surface area contributed by atoms with E-state index in [2.05, 4.69) is 41.2 Å². The summed E-state index contributed by atoms with van der Waals surface area (Å²) in [6.45, 7) is 6.33. The molecule has 2 rings (SSSR count). The Labute approximate surface area is 121 Å². The second kappa shape index (κ2) is 6.76. The Morgan fingerprint density at radius 2 is 2.16 bits per heavy atom. The molecule has 4 heteroatoms. The standard InChI is InChI=1S/C15H26ClN3/c1-15(2,8-9-16)12-17-11-13-7-10-19(18-13)14-5-3-4-6-14/h7,10,14,17H,3-6,8-9,11-12H2,1-2H3. The van der Waals surface area contributed by atoms with Crippen molar-refractivity contribution in [1.29, 1.82) is 0 Å². The van der Waals surface area contributed by atoms with Gasteiger partial charge in [0.05, 0.1) is 11.7 Å². The minimum Gasteiger partial charge on any atom is -0.311 e. The van der Waals surface area contributed by atoms with E-state index in [0.717, 1.165) is 31.1 Å². The molecular formula is C15H26ClN3. The van der Waals surface area contributed by atoms with Crippen LogP contribution in [0.3, 0.4) is 0 Å². The molecule has 0 aliphatic heterocycles. The van der Waals surface area contributed by atoms with Gasteiger partial charge >= 0.3 is 0 Å². The number of nitrogens with zero attached hydrogens (tertiary/aromatic N) is 2. The molecule has 1 fully saturated rings. The third kappa shape index (κ3) is 4.50. The Hall–Kier alpha value is -0.540. The van der Waals surface area contributed by atoms with Crippen molar-refractivity contribution in [2.45, 2.75) is 58.5 Å². The van der Waals surface area contributed by atoms with Gasteiger partial charge in [0, 0.05) is 25.2 Å². The van der Waals surface area contributed by atoms with E-state index in [1.807, 2.05) is 0 Å². The van der Waals surface area contributed by atoms with Crippen molar-refractivity contribution < 1.29 is 0 Å². The second-order valence-electron chi connectivity index (χ2n) is 6.43. The topological polar surface area (TPSA) is 29.9 Å². The monoisotopic (exact) mass is 283 g/mol. The summed E-state index contributed by atoms with van der Waals surface area (Å²) in [6, 6.07) is 2.78. The van der Waals surface area contributed by atoms with Crippen LogP contribution in [0.4, 0.5) is 0 Å². The SMILES string of the molecule is CC(C)(CCCl)CNCc1ccn(C2CCCC2)n1. The first-order valence-electron chi connectivity index (χ1n) is 7.41. The molecule has 1 heterocycles. The van der Waals surface area contributed by atoms with Crippen LogP contribution in [0, 0.1) is 5.41 Å². The van der Waals surface area contributed by atoms with E-state index in [9.17, 15) is 0 Å².